The zero-order valence-corrected chi connectivity index (χ0v) is 25.7. The number of carbonyl (C=O) groups excluding carboxylic acids is 1. The van der Waals surface area contributed by atoms with E-state index in [1.165, 1.54) is 7.11 Å². The molecule has 0 spiro atoms. The Bertz CT molecular complexity index is 1420. The van der Waals surface area contributed by atoms with Gasteiger partial charge in [-0.15, -0.1) is 0 Å². The summed E-state index contributed by atoms with van der Waals surface area (Å²) in [6, 6.07) is 42.1. The van der Waals surface area contributed by atoms with Gasteiger partial charge in [-0.1, -0.05) is 91.0 Å². The smallest absolute Gasteiger partial charge is 0.337 e. The Morgan fingerprint density at radius 3 is 0.646 bits per heavy atom. The summed E-state index contributed by atoms with van der Waals surface area (Å²) in [6.07, 6.45) is 0. The summed E-state index contributed by atoms with van der Waals surface area (Å²) in [7, 11) is 1.37. The second-order valence-corrected chi connectivity index (χ2v) is 8.54. The average Bonchev–Trinajstić information content (AvgIpc) is 3.11. The van der Waals surface area contributed by atoms with E-state index in [0.717, 1.165) is 0 Å². The standard InChI is InChI=1S/C8H8O2.4C7H6O2.2H2O/c1-10-8(9)7-5-3-2-4-6-7;4*8-7(9)6-4-2-1-3-5-6;;/h2-6H,1H3;4*1-5H,(H,8,9);2*1H2. The van der Waals surface area contributed by atoms with Gasteiger partial charge in [0.2, 0.25) is 0 Å². The van der Waals surface area contributed by atoms with Crippen LogP contribution in [0.1, 0.15) is 51.8 Å². The molecule has 12 heteroatoms. The summed E-state index contributed by atoms with van der Waals surface area (Å²) in [5, 5.41) is 33.5. The molecule has 0 unspecified atom stereocenters. The Labute approximate surface area is 276 Å². The van der Waals surface area contributed by atoms with E-state index in [0.29, 0.717) is 27.8 Å². The number of ether oxygens (including phenoxy) is 1. The molecule has 0 atom stereocenters. The van der Waals surface area contributed by atoms with Gasteiger partial charge in [-0.05, 0) is 60.7 Å². The number of benzene rings is 5. The fraction of sp³-hybridized carbons (Fsp3) is 0.0278. The third kappa shape index (κ3) is 18.9. The van der Waals surface area contributed by atoms with Gasteiger partial charge in [0.1, 0.15) is 0 Å². The third-order valence-electron chi connectivity index (χ3n) is 5.28. The van der Waals surface area contributed by atoms with Gasteiger partial charge in [-0.3, -0.25) is 0 Å². The predicted molar refractivity (Wildman–Crippen MR) is 179 cm³/mol. The molecule has 0 radical (unpaired) electrons. The second-order valence-electron chi connectivity index (χ2n) is 8.54. The van der Waals surface area contributed by atoms with Crippen molar-refractivity contribution >= 4 is 29.8 Å². The van der Waals surface area contributed by atoms with Crippen molar-refractivity contribution in [1.29, 1.82) is 0 Å². The summed E-state index contributed by atoms with van der Waals surface area (Å²) in [5.74, 6) is -3.81. The lowest BCUT2D eigenvalue weighted by Crippen LogP contribution is -1.99. The highest BCUT2D eigenvalue weighted by Gasteiger charge is 2.01. The molecule has 5 aromatic carbocycles. The van der Waals surface area contributed by atoms with Crippen LogP contribution in [0.4, 0.5) is 0 Å². The molecule has 0 aliphatic rings. The van der Waals surface area contributed by atoms with Crippen LogP contribution in [0.3, 0.4) is 0 Å². The first-order valence-corrected chi connectivity index (χ1v) is 13.3. The zero-order chi connectivity index (χ0) is 34.2. The molecule has 48 heavy (non-hydrogen) atoms. The molecule has 0 amide bonds. The highest BCUT2D eigenvalue weighted by molar-refractivity contribution is 5.89. The largest absolute Gasteiger partial charge is 0.478 e. The highest BCUT2D eigenvalue weighted by Crippen LogP contribution is 2.00. The summed E-state index contributed by atoms with van der Waals surface area (Å²) in [4.78, 5) is 51.6. The van der Waals surface area contributed by atoms with Crippen LogP contribution in [-0.4, -0.2) is 68.3 Å². The van der Waals surface area contributed by atoms with Crippen LogP contribution in [0.5, 0.6) is 0 Å². The minimum Gasteiger partial charge on any atom is -0.478 e. The van der Waals surface area contributed by atoms with E-state index in [9.17, 15) is 24.0 Å². The lowest BCUT2D eigenvalue weighted by molar-refractivity contribution is 0.0598. The van der Waals surface area contributed by atoms with E-state index in [1.54, 1.807) is 146 Å². The van der Waals surface area contributed by atoms with E-state index >= 15 is 0 Å². The molecule has 252 valence electrons. The van der Waals surface area contributed by atoms with Crippen LogP contribution in [-0.2, 0) is 4.74 Å². The molecule has 8 N–H and O–H groups in total. The minimum absolute atomic E-state index is 0. The van der Waals surface area contributed by atoms with E-state index in [-0.39, 0.29) is 16.9 Å². The first-order chi connectivity index (χ1) is 22.1. The molecular formula is C36H36O12. The number of esters is 1. The van der Waals surface area contributed by atoms with Gasteiger partial charge < -0.3 is 36.1 Å². The summed E-state index contributed by atoms with van der Waals surface area (Å²) >= 11 is 0. The number of hydrogen-bond donors (Lipinski definition) is 4. The first kappa shape index (κ1) is 43.5. The molecule has 0 aliphatic carbocycles. The van der Waals surface area contributed by atoms with Gasteiger partial charge in [0, 0.05) is 0 Å². The third-order valence-corrected chi connectivity index (χ3v) is 5.28. The molecule has 5 rings (SSSR count). The number of carbonyl (C=O) groups is 5. The number of methoxy groups -OCH3 is 1. The maximum absolute atomic E-state index is 10.8. The Morgan fingerprint density at radius 2 is 0.521 bits per heavy atom. The molecule has 0 heterocycles. The number of carboxylic acid groups (broad SMARTS) is 4. The Hall–Kier alpha value is -6.63. The lowest BCUT2D eigenvalue weighted by atomic mass is 10.2. The number of carboxylic acids is 4. The van der Waals surface area contributed by atoms with Crippen LogP contribution < -0.4 is 0 Å². The zero-order valence-electron chi connectivity index (χ0n) is 25.7. The summed E-state index contributed by atoms with van der Waals surface area (Å²) < 4.78 is 4.50. The Morgan fingerprint density at radius 1 is 0.354 bits per heavy atom. The molecule has 5 aromatic rings. The van der Waals surface area contributed by atoms with Gasteiger partial charge >= 0.3 is 29.8 Å². The average molecular weight is 661 g/mol. The Balaban J connectivity index is 0. The SMILES string of the molecule is COC(=O)c1ccccc1.O.O.O=C(O)c1ccccc1.O=C(O)c1ccccc1.O=C(O)c1ccccc1.O=C(O)c1ccccc1. The van der Waals surface area contributed by atoms with Crippen molar-refractivity contribution in [2.24, 2.45) is 0 Å². The predicted octanol–water partition coefficient (Wildman–Crippen LogP) is 5.36. The van der Waals surface area contributed by atoms with Crippen molar-refractivity contribution in [3.8, 4) is 0 Å². The van der Waals surface area contributed by atoms with Crippen LogP contribution in [0.2, 0.25) is 0 Å². The van der Waals surface area contributed by atoms with E-state index in [4.69, 9.17) is 20.4 Å². The van der Waals surface area contributed by atoms with Crippen molar-refractivity contribution in [1.82, 2.24) is 0 Å². The lowest BCUT2D eigenvalue weighted by Gasteiger charge is -1.95. The minimum atomic E-state index is -0.879. The van der Waals surface area contributed by atoms with E-state index < -0.39 is 23.9 Å². The fourth-order valence-electron chi connectivity index (χ4n) is 3.02. The molecule has 0 aliphatic heterocycles. The number of hydrogen-bond acceptors (Lipinski definition) is 6. The van der Waals surface area contributed by atoms with E-state index in [2.05, 4.69) is 4.74 Å². The van der Waals surface area contributed by atoms with Crippen LogP contribution in [0.15, 0.2) is 152 Å². The molecule has 0 saturated carbocycles. The van der Waals surface area contributed by atoms with Crippen molar-refractivity contribution in [3.63, 3.8) is 0 Å². The monoisotopic (exact) mass is 660 g/mol. The topological polar surface area (TPSA) is 238 Å². The van der Waals surface area contributed by atoms with Gasteiger partial charge in [0.25, 0.3) is 0 Å². The normalized spacial score (nSPS) is 8.52. The first-order valence-electron chi connectivity index (χ1n) is 13.3. The van der Waals surface area contributed by atoms with Gasteiger partial charge in [-0.2, -0.15) is 0 Å². The second kappa shape index (κ2) is 25.7. The fourth-order valence-corrected chi connectivity index (χ4v) is 3.02. The van der Waals surface area contributed by atoms with Crippen molar-refractivity contribution in [3.05, 3.63) is 179 Å². The molecule has 0 saturated heterocycles. The Kier molecular flexibility index (Phi) is 23.3. The van der Waals surface area contributed by atoms with Crippen LogP contribution in [0.25, 0.3) is 0 Å². The molecule has 0 fully saturated rings. The van der Waals surface area contributed by atoms with Crippen molar-refractivity contribution < 1.29 is 60.1 Å². The number of rotatable bonds is 5. The van der Waals surface area contributed by atoms with Crippen molar-refractivity contribution in [2.45, 2.75) is 0 Å². The summed E-state index contributed by atoms with van der Waals surface area (Å²) in [5.41, 5.74) is 1.91. The van der Waals surface area contributed by atoms with E-state index in [1.807, 2.05) is 6.07 Å². The molecular weight excluding hydrogens is 624 g/mol. The quantitative estimate of drug-likeness (QED) is 0.176. The molecule has 12 nitrogen and oxygen atoms in total. The van der Waals surface area contributed by atoms with Crippen LogP contribution in [0, 0.1) is 0 Å². The van der Waals surface area contributed by atoms with Crippen LogP contribution >= 0.6 is 0 Å². The molecule has 0 aromatic heterocycles. The number of aromatic carboxylic acids is 4. The summed E-state index contributed by atoms with van der Waals surface area (Å²) in [6.45, 7) is 0. The van der Waals surface area contributed by atoms with Gasteiger partial charge in [0.15, 0.2) is 0 Å². The molecule has 0 bridgehead atoms. The van der Waals surface area contributed by atoms with Crippen molar-refractivity contribution in [2.75, 3.05) is 7.11 Å². The van der Waals surface area contributed by atoms with Gasteiger partial charge in [0.05, 0.1) is 34.9 Å². The maximum Gasteiger partial charge on any atom is 0.337 e. The highest BCUT2D eigenvalue weighted by atomic mass is 16.5. The maximum atomic E-state index is 10.8. The van der Waals surface area contributed by atoms with Gasteiger partial charge in [-0.25, -0.2) is 24.0 Å².